The standard InChI is InChI=1S/C23H30N2O4/c1-4-19(24)21(26)29-23(13-10-17-8-5-7-16(2)15-17)12-6-9-20-18(23)11-14-25(20)22(27)28-3/h5,7-8,15,18-20H,4,6,9,11-12,14,24H2,1-3H3/t18-,19-,20-,23-/m1/s1. The van der Waals surface area contributed by atoms with Crippen molar-refractivity contribution >= 4 is 12.1 Å². The average molecular weight is 399 g/mol. The molecule has 3 rings (SSSR count). The van der Waals surface area contributed by atoms with Crippen LogP contribution < -0.4 is 5.73 Å². The van der Waals surface area contributed by atoms with Crippen LogP contribution in [0, 0.1) is 24.7 Å². The molecule has 6 heteroatoms. The van der Waals surface area contributed by atoms with Crippen molar-refractivity contribution in [3.05, 3.63) is 35.4 Å². The monoisotopic (exact) mass is 398 g/mol. The molecule has 0 spiro atoms. The molecule has 156 valence electrons. The Bertz CT molecular complexity index is 828. The fourth-order valence-corrected chi connectivity index (χ4v) is 4.49. The summed E-state index contributed by atoms with van der Waals surface area (Å²) in [6, 6.07) is 7.21. The second-order valence-electron chi connectivity index (χ2n) is 7.96. The predicted octanol–water partition coefficient (Wildman–Crippen LogP) is 3.01. The van der Waals surface area contributed by atoms with Gasteiger partial charge in [0.1, 0.15) is 6.04 Å². The highest BCUT2D eigenvalue weighted by molar-refractivity contribution is 5.76. The lowest BCUT2D eigenvalue weighted by molar-refractivity contribution is -0.164. The van der Waals surface area contributed by atoms with Crippen LogP contribution in [0.25, 0.3) is 0 Å². The Morgan fingerprint density at radius 3 is 2.86 bits per heavy atom. The van der Waals surface area contributed by atoms with Crippen molar-refractivity contribution < 1.29 is 19.1 Å². The molecule has 6 nitrogen and oxygen atoms in total. The molecule has 1 aliphatic heterocycles. The normalized spacial score (nSPS) is 26.7. The molecular weight excluding hydrogens is 368 g/mol. The molecule has 0 radical (unpaired) electrons. The third kappa shape index (κ3) is 4.40. The minimum absolute atomic E-state index is 0.0475. The minimum atomic E-state index is -0.945. The van der Waals surface area contributed by atoms with Crippen LogP contribution in [0.15, 0.2) is 24.3 Å². The van der Waals surface area contributed by atoms with Crippen molar-refractivity contribution in [3.63, 3.8) is 0 Å². The molecule has 1 aliphatic carbocycles. The highest BCUT2D eigenvalue weighted by atomic mass is 16.6. The number of aryl methyl sites for hydroxylation is 1. The average Bonchev–Trinajstić information content (AvgIpc) is 3.17. The number of hydrogen-bond donors (Lipinski definition) is 1. The van der Waals surface area contributed by atoms with Crippen molar-refractivity contribution in [1.29, 1.82) is 0 Å². The number of esters is 1. The smallest absolute Gasteiger partial charge is 0.409 e. The number of methoxy groups -OCH3 is 1. The number of rotatable bonds is 3. The summed E-state index contributed by atoms with van der Waals surface area (Å²) in [4.78, 5) is 26.6. The Balaban J connectivity index is 1.97. The predicted molar refractivity (Wildman–Crippen MR) is 110 cm³/mol. The van der Waals surface area contributed by atoms with Gasteiger partial charge < -0.3 is 20.1 Å². The van der Waals surface area contributed by atoms with Gasteiger partial charge in [0.2, 0.25) is 0 Å². The first-order chi connectivity index (χ1) is 13.9. The number of carbonyl (C=O) groups excluding carboxylic acids is 2. The highest BCUT2D eigenvalue weighted by Crippen LogP contribution is 2.45. The third-order valence-corrected chi connectivity index (χ3v) is 6.06. The van der Waals surface area contributed by atoms with E-state index in [0.717, 1.165) is 30.4 Å². The Morgan fingerprint density at radius 1 is 1.38 bits per heavy atom. The van der Waals surface area contributed by atoms with E-state index in [2.05, 4.69) is 11.8 Å². The number of carbonyl (C=O) groups is 2. The third-order valence-electron chi connectivity index (χ3n) is 6.06. The van der Waals surface area contributed by atoms with E-state index in [4.69, 9.17) is 15.2 Å². The van der Waals surface area contributed by atoms with Crippen molar-refractivity contribution in [1.82, 2.24) is 4.90 Å². The molecular formula is C23H30N2O4. The van der Waals surface area contributed by atoms with Gasteiger partial charge in [0.25, 0.3) is 0 Å². The summed E-state index contributed by atoms with van der Waals surface area (Å²) in [6.45, 7) is 4.45. The summed E-state index contributed by atoms with van der Waals surface area (Å²) in [7, 11) is 1.39. The van der Waals surface area contributed by atoms with E-state index < -0.39 is 17.6 Å². The SMILES string of the molecule is CC[C@@H](N)C(=O)O[C@@]1(C#Cc2cccc(C)c2)CCC[C@@H]2[C@H]1CCN2C(=O)OC. The number of hydrogen-bond acceptors (Lipinski definition) is 5. The van der Waals surface area contributed by atoms with Gasteiger partial charge in [-0.05, 0) is 62.6 Å². The molecule has 1 amide bonds. The number of amides is 1. The Labute approximate surface area is 172 Å². The minimum Gasteiger partial charge on any atom is -0.453 e. The number of benzene rings is 1. The lowest BCUT2D eigenvalue weighted by Crippen LogP contribution is -2.53. The second-order valence-corrected chi connectivity index (χ2v) is 7.96. The summed E-state index contributed by atoms with van der Waals surface area (Å²) in [5.41, 5.74) is 7.00. The molecule has 1 saturated carbocycles. The van der Waals surface area contributed by atoms with Crippen LogP contribution in [0.2, 0.25) is 0 Å². The van der Waals surface area contributed by atoms with Crippen LogP contribution in [-0.4, -0.2) is 48.3 Å². The first-order valence-corrected chi connectivity index (χ1v) is 10.3. The van der Waals surface area contributed by atoms with E-state index in [9.17, 15) is 9.59 Å². The van der Waals surface area contributed by atoms with Crippen LogP contribution in [0.3, 0.4) is 0 Å². The van der Waals surface area contributed by atoms with Gasteiger partial charge in [-0.25, -0.2) is 4.79 Å². The van der Waals surface area contributed by atoms with Crippen molar-refractivity contribution in [2.24, 2.45) is 11.7 Å². The molecule has 1 aromatic carbocycles. The lowest BCUT2D eigenvalue weighted by Gasteiger charge is -2.42. The van der Waals surface area contributed by atoms with Crippen molar-refractivity contribution in [2.75, 3.05) is 13.7 Å². The maximum atomic E-state index is 12.7. The maximum absolute atomic E-state index is 12.7. The van der Waals surface area contributed by atoms with E-state index in [1.54, 1.807) is 4.90 Å². The van der Waals surface area contributed by atoms with Gasteiger partial charge in [0.05, 0.1) is 7.11 Å². The van der Waals surface area contributed by atoms with Gasteiger partial charge >= 0.3 is 12.1 Å². The molecule has 2 fully saturated rings. The molecule has 0 aromatic heterocycles. The summed E-state index contributed by atoms with van der Waals surface area (Å²) in [6.07, 6.45) is 3.19. The molecule has 1 saturated heterocycles. The fourth-order valence-electron chi connectivity index (χ4n) is 4.49. The van der Waals surface area contributed by atoms with Gasteiger partial charge in [-0.1, -0.05) is 25.0 Å². The van der Waals surface area contributed by atoms with Crippen LogP contribution in [0.1, 0.15) is 50.2 Å². The summed E-state index contributed by atoms with van der Waals surface area (Å²) in [5.74, 6) is 6.05. The molecule has 0 bridgehead atoms. The summed E-state index contributed by atoms with van der Waals surface area (Å²) >= 11 is 0. The molecule has 2 aliphatic rings. The number of ether oxygens (including phenoxy) is 2. The molecule has 4 atom stereocenters. The fraction of sp³-hybridized carbons (Fsp3) is 0.565. The molecule has 0 unspecified atom stereocenters. The van der Waals surface area contributed by atoms with Crippen LogP contribution >= 0.6 is 0 Å². The van der Waals surface area contributed by atoms with E-state index >= 15 is 0 Å². The zero-order chi connectivity index (χ0) is 21.0. The quantitative estimate of drug-likeness (QED) is 0.625. The topological polar surface area (TPSA) is 81.9 Å². The van der Waals surface area contributed by atoms with Gasteiger partial charge in [0, 0.05) is 24.1 Å². The lowest BCUT2D eigenvalue weighted by atomic mass is 9.72. The summed E-state index contributed by atoms with van der Waals surface area (Å²) < 4.78 is 11.0. The van der Waals surface area contributed by atoms with E-state index in [1.807, 2.05) is 38.1 Å². The zero-order valence-corrected chi connectivity index (χ0v) is 17.4. The molecule has 2 N–H and O–H groups in total. The molecule has 29 heavy (non-hydrogen) atoms. The van der Waals surface area contributed by atoms with Crippen LogP contribution in [-0.2, 0) is 14.3 Å². The second kappa shape index (κ2) is 8.87. The van der Waals surface area contributed by atoms with Crippen molar-refractivity contribution in [3.8, 4) is 11.8 Å². The first kappa shape index (κ1) is 21.2. The van der Waals surface area contributed by atoms with E-state index in [1.165, 1.54) is 7.11 Å². The molecule has 1 heterocycles. The molecule has 1 aromatic rings. The zero-order valence-electron chi connectivity index (χ0n) is 17.4. The van der Waals surface area contributed by atoms with Gasteiger partial charge in [-0.15, -0.1) is 0 Å². The number of nitrogens with zero attached hydrogens (tertiary/aromatic N) is 1. The Kier molecular flexibility index (Phi) is 6.49. The van der Waals surface area contributed by atoms with E-state index in [-0.39, 0.29) is 18.1 Å². The number of nitrogens with two attached hydrogens (primary N) is 1. The highest BCUT2D eigenvalue weighted by Gasteiger charge is 2.54. The first-order valence-electron chi connectivity index (χ1n) is 10.3. The van der Waals surface area contributed by atoms with Gasteiger partial charge in [-0.2, -0.15) is 0 Å². The van der Waals surface area contributed by atoms with E-state index in [0.29, 0.717) is 19.4 Å². The number of fused-ring (bicyclic) bond motifs is 1. The summed E-state index contributed by atoms with van der Waals surface area (Å²) in [5, 5.41) is 0. The van der Waals surface area contributed by atoms with Crippen LogP contribution in [0.5, 0.6) is 0 Å². The number of likely N-dealkylation sites (tertiary alicyclic amines) is 1. The van der Waals surface area contributed by atoms with Gasteiger partial charge in [-0.3, -0.25) is 4.79 Å². The van der Waals surface area contributed by atoms with Crippen LogP contribution in [0.4, 0.5) is 4.79 Å². The maximum Gasteiger partial charge on any atom is 0.409 e. The Hall–Kier alpha value is -2.52. The Morgan fingerprint density at radius 2 is 2.17 bits per heavy atom. The van der Waals surface area contributed by atoms with Gasteiger partial charge in [0.15, 0.2) is 5.60 Å². The van der Waals surface area contributed by atoms with Crippen molar-refractivity contribution in [2.45, 2.75) is 63.6 Å². The largest absolute Gasteiger partial charge is 0.453 e.